The van der Waals surface area contributed by atoms with Gasteiger partial charge in [0.2, 0.25) is 5.91 Å². The first-order chi connectivity index (χ1) is 17.1. The van der Waals surface area contributed by atoms with Gasteiger partial charge in [0.15, 0.2) is 5.16 Å². The van der Waals surface area contributed by atoms with Gasteiger partial charge in [-0.1, -0.05) is 60.3 Å². The second-order valence-corrected chi connectivity index (χ2v) is 8.92. The fraction of sp³-hybridized carbons (Fsp3) is 0.148. The average molecular weight is 485 g/mol. The van der Waals surface area contributed by atoms with E-state index in [0.717, 1.165) is 22.2 Å². The van der Waals surface area contributed by atoms with Crippen LogP contribution in [-0.2, 0) is 4.79 Å². The molecule has 0 aliphatic rings. The number of H-pyrrole nitrogens is 1. The number of aromatic nitrogens is 3. The van der Waals surface area contributed by atoms with Crippen molar-refractivity contribution in [2.75, 3.05) is 17.7 Å². The van der Waals surface area contributed by atoms with Gasteiger partial charge in [-0.25, -0.2) is 4.98 Å². The van der Waals surface area contributed by atoms with E-state index in [9.17, 15) is 9.59 Å². The molecule has 7 nitrogen and oxygen atoms in total. The first-order valence-corrected chi connectivity index (χ1v) is 12.3. The number of amides is 1. The van der Waals surface area contributed by atoms with Crippen LogP contribution < -0.4 is 15.6 Å². The minimum Gasteiger partial charge on any atom is -0.492 e. The highest BCUT2D eigenvalue weighted by molar-refractivity contribution is 7.99. The van der Waals surface area contributed by atoms with Crippen molar-refractivity contribution in [3.05, 3.63) is 88.7 Å². The number of hydrogen-bond acceptors (Lipinski definition) is 5. The van der Waals surface area contributed by atoms with Crippen LogP contribution in [-0.4, -0.2) is 32.8 Å². The fourth-order valence-corrected chi connectivity index (χ4v) is 4.83. The second-order valence-electron chi connectivity index (χ2n) is 7.98. The number of aryl methyl sites for hydroxylation is 1. The number of rotatable bonds is 7. The number of para-hydroxylation sites is 4. The van der Waals surface area contributed by atoms with Gasteiger partial charge < -0.3 is 15.0 Å². The van der Waals surface area contributed by atoms with Crippen molar-refractivity contribution in [2.24, 2.45) is 0 Å². The molecular weight excluding hydrogens is 460 g/mol. The Bertz CT molecular complexity index is 1610. The summed E-state index contributed by atoms with van der Waals surface area (Å²) in [5.74, 6) is 0.474. The largest absolute Gasteiger partial charge is 0.492 e. The molecule has 3 aromatic carbocycles. The van der Waals surface area contributed by atoms with E-state index in [4.69, 9.17) is 9.72 Å². The molecule has 0 saturated carbocycles. The number of ether oxygens (including phenoxy) is 1. The van der Waals surface area contributed by atoms with Crippen LogP contribution in [0.5, 0.6) is 5.75 Å². The molecule has 2 heterocycles. The molecule has 1 amide bonds. The SMILES string of the molecule is CCOc1ccccc1NC(=O)CSc1nc2c([nH]c3ccccc32)c(=O)n1-c1ccccc1C. The van der Waals surface area contributed by atoms with Crippen molar-refractivity contribution in [1.29, 1.82) is 0 Å². The van der Waals surface area contributed by atoms with Gasteiger partial charge in [-0.15, -0.1) is 0 Å². The monoisotopic (exact) mass is 484 g/mol. The molecule has 0 atom stereocenters. The van der Waals surface area contributed by atoms with Gasteiger partial charge in [-0.05, 0) is 43.7 Å². The normalized spacial score (nSPS) is 11.1. The van der Waals surface area contributed by atoms with E-state index in [-0.39, 0.29) is 17.2 Å². The van der Waals surface area contributed by atoms with Gasteiger partial charge in [0.05, 0.1) is 23.7 Å². The number of hydrogen-bond donors (Lipinski definition) is 2. The summed E-state index contributed by atoms with van der Waals surface area (Å²) in [5.41, 5.74) is 3.95. The Morgan fingerprint density at radius 1 is 1.06 bits per heavy atom. The van der Waals surface area contributed by atoms with Crippen molar-refractivity contribution in [3.63, 3.8) is 0 Å². The van der Waals surface area contributed by atoms with Crippen LogP contribution >= 0.6 is 11.8 Å². The topological polar surface area (TPSA) is 89.0 Å². The summed E-state index contributed by atoms with van der Waals surface area (Å²) < 4.78 is 7.19. The van der Waals surface area contributed by atoms with E-state index in [2.05, 4.69) is 10.3 Å². The molecular formula is C27H24N4O3S. The zero-order valence-electron chi connectivity index (χ0n) is 19.4. The smallest absolute Gasteiger partial charge is 0.283 e. The second kappa shape index (κ2) is 9.68. The Morgan fingerprint density at radius 3 is 2.63 bits per heavy atom. The van der Waals surface area contributed by atoms with Crippen LogP contribution in [0.2, 0.25) is 0 Å². The Kier molecular flexibility index (Phi) is 6.29. The number of carbonyl (C=O) groups excluding carboxylic acids is 1. The molecule has 0 fully saturated rings. The quantitative estimate of drug-likeness (QED) is 0.242. The third-order valence-corrected chi connectivity index (χ3v) is 6.58. The number of fused-ring (bicyclic) bond motifs is 3. The number of nitrogens with zero attached hydrogens (tertiary/aromatic N) is 2. The molecule has 5 rings (SSSR count). The molecule has 0 aliphatic carbocycles. The number of carbonyl (C=O) groups is 1. The van der Waals surface area contributed by atoms with Crippen molar-refractivity contribution in [1.82, 2.24) is 14.5 Å². The van der Waals surface area contributed by atoms with Crippen molar-refractivity contribution >= 4 is 45.3 Å². The maximum absolute atomic E-state index is 13.7. The lowest BCUT2D eigenvalue weighted by molar-refractivity contribution is -0.113. The van der Waals surface area contributed by atoms with Gasteiger partial charge in [0.1, 0.15) is 16.8 Å². The van der Waals surface area contributed by atoms with E-state index >= 15 is 0 Å². The summed E-state index contributed by atoms with van der Waals surface area (Å²) in [5, 5.41) is 4.23. The van der Waals surface area contributed by atoms with E-state index in [1.165, 1.54) is 11.8 Å². The summed E-state index contributed by atoms with van der Waals surface area (Å²) in [6.45, 7) is 4.34. The van der Waals surface area contributed by atoms with Crippen LogP contribution in [0.25, 0.3) is 27.6 Å². The molecule has 0 bridgehead atoms. The Hall–Kier alpha value is -4.04. The van der Waals surface area contributed by atoms with Crippen LogP contribution in [0.4, 0.5) is 5.69 Å². The lowest BCUT2D eigenvalue weighted by Gasteiger charge is -2.14. The maximum Gasteiger partial charge on any atom is 0.283 e. The van der Waals surface area contributed by atoms with Crippen LogP contribution in [0.15, 0.2) is 82.7 Å². The summed E-state index contributed by atoms with van der Waals surface area (Å²) in [4.78, 5) is 34.6. The first-order valence-electron chi connectivity index (χ1n) is 11.3. The van der Waals surface area contributed by atoms with Crippen molar-refractivity contribution < 1.29 is 9.53 Å². The van der Waals surface area contributed by atoms with E-state index < -0.39 is 0 Å². The molecule has 2 N–H and O–H groups in total. The van der Waals surface area contributed by atoms with Gasteiger partial charge in [0, 0.05) is 10.9 Å². The minimum absolute atomic E-state index is 0.0760. The Labute approximate surface area is 206 Å². The number of aromatic amines is 1. The van der Waals surface area contributed by atoms with Gasteiger partial charge in [0.25, 0.3) is 5.56 Å². The van der Waals surface area contributed by atoms with Crippen LogP contribution in [0.3, 0.4) is 0 Å². The standard InChI is InChI=1S/C27H24N4O3S/c1-3-34-22-15-9-7-13-20(22)28-23(32)16-35-27-30-24-18-11-5-6-12-19(18)29-25(24)26(33)31(27)21-14-8-4-10-17(21)2/h4-15,29H,3,16H2,1-2H3,(H,28,32). The lowest BCUT2D eigenvalue weighted by atomic mass is 10.2. The predicted octanol–water partition coefficient (Wildman–Crippen LogP) is 5.30. The van der Waals surface area contributed by atoms with E-state index in [0.29, 0.717) is 34.2 Å². The van der Waals surface area contributed by atoms with Gasteiger partial charge >= 0.3 is 0 Å². The van der Waals surface area contributed by atoms with Crippen molar-refractivity contribution in [2.45, 2.75) is 19.0 Å². The maximum atomic E-state index is 13.7. The average Bonchev–Trinajstić information content (AvgIpc) is 3.24. The third-order valence-electron chi connectivity index (χ3n) is 5.64. The van der Waals surface area contributed by atoms with Crippen molar-refractivity contribution in [3.8, 4) is 11.4 Å². The molecule has 5 aromatic rings. The predicted molar refractivity (Wildman–Crippen MR) is 141 cm³/mol. The van der Waals surface area contributed by atoms with E-state index in [1.54, 1.807) is 10.6 Å². The fourth-order valence-electron chi connectivity index (χ4n) is 4.03. The lowest BCUT2D eigenvalue weighted by Crippen LogP contribution is -2.23. The zero-order chi connectivity index (χ0) is 24.4. The molecule has 0 spiro atoms. The number of nitrogens with one attached hydrogen (secondary N) is 2. The van der Waals surface area contributed by atoms with E-state index in [1.807, 2.05) is 80.6 Å². The molecule has 2 aromatic heterocycles. The molecule has 176 valence electrons. The zero-order valence-corrected chi connectivity index (χ0v) is 20.2. The van der Waals surface area contributed by atoms with Crippen LogP contribution in [0.1, 0.15) is 12.5 Å². The van der Waals surface area contributed by atoms with Gasteiger partial charge in [-0.3, -0.25) is 14.2 Å². The summed E-state index contributed by atoms with van der Waals surface area (Å²) in [6.07, 6.45) is 0. The Balaban J connectivity index is 1.54. The highest BCUT2D eigenvalue weighted by atomic mass is 32.2. The third kappa shape index (κ3) is 4.40. The summed E-state index contributed by atoms with van der Waals surface area (Å²) in [7, 11) is 0. The Morgan fingerprint density at radius 2 is 1.80 bits per heavy atom. The number of thioether (sulfide) groups is 1. The molecule has 8 heteroatoms. The molecule has 0 unspecified atom stereocenters. The highest BCUT2D eigenvalue weighted by Gasteiger charge is 2.19. The molecule has 35 heavy (non-hydrogen) atoms. The summed E-state index contributed by atoms with van der Waals surface area (Å²) >= 11 is 1.22. The molecule has 0 saturated heterocycles. The molecule has 0 radical (unpaired) electrons. The number of benzene rings is 3. The minimum atomic E-state index is -0.216. The highest BCUT2D eigenvalue weighted by Crippen LogP contribution is 2.28. The first kappa shape index (κ1) is 22.7. The number of anilines is 1. The van der Waals surface area contributed by atoms with Gasteiger partial charge in [-0.2, -0.15) is 0 Å². The molecule has 0 aliphatic heterocycles. The van der Waals surface area contributed by atoms with Crippen LogP contribution in [0, 0.1) is 6.92 Å². The summed E-state index contributed by atoms with van der Waals surface area (Å²) in [6, 6.07) is 22.6.